The lowest BCUT2D eigenvalue weighted by Crippen LogP contribution is -2.27. The van der Waals surface area contributed by atoms with Gasteiger partial charge in [0.15, 0.2) is 6.17 Å². The van der Waals surface area contributed by atoms with Gasteiger partial charge in [0.1, 0.15) is 4.84 Å². The van der Waals surface area contributed by atoms with Crippen molar-refractivity contribution in [3.8, 4) is 0 Å². The Balaban J connectivity index is 3.88. The van der Waals surface area contributed by atoms with Gasteiger partial charge in [0.2, 0.25) is 0 Å². The van der Waals surface area contributed by atoms with E-state index in [1.165, 1.54) is 0 Å². The molecule has 0 saturated heterocycles. The van der Waals surface area contributed by atoms with E-state index in [9.17, 15) is 8.78 Å². The normalized spacial score (nSPS) is 16.3. The Morgan fingerprint density at radius 1 is 1.22 bits per heavy atom. The Kier molecular flexibility index (Phi) is 3.81. The van der Waals surface area contributed by atoms with Crippen LogP contribution in [0, 0.1) is 0 Å². The molecular weight excluding hydrogens is 216 g/mol. The molecule has 0 amide bonds. The van der Waals surface area contributed by atoms with Gasteiger partial charge in [0.05, 0.1) is 0 Å². The summed E-state index contributed by atoms with van der Waals surface area (Å²) >= 11 is 19.1. The van der Waals surface area contributed by atoms with Gasteiger partial charge < -0.3 is 0 Å². The van der Waals surface area contributed by atoms with Crippen LogP contribution in [0.5, 0.6) is 0 Å². The summed E-state index contributed by atoms with van der Waals surface area (Å²) in [5.74, 6) is 0. The minimum atomic E-state index is -3.01. The SMILES string of the molecule is FC(C(Cl)Cl)C(F)(Cl)Cl. The Hall–Kier alpha value is 1.02. The summed E-state index contributed by atoms with van der Waals surface area (Å²) in [6.45, 7) is 0. The summed E-state index contributed by atoms with van der Waals surface area (Å²) in [6, 6.07) is 0. The van der Waals surface area contributed by atoms with Gasteiger partial charge in [-0.1, -0.05) is 23.2 Å². The van der Waals surface area contributed by atoms with Crippen molar-refractivity contribution in [2.45, 2.75) is 15.6 Å². The molecule has 56 valence electrons. The van der Waals surface area contributed by atoms with Crippen LogP contribution in [0.15, 0.2) is 0 Å². The Morgan fingerprint density at radius 3 is 1.56 bits per heavy atom. The molecular formula is C3H2Cl4F2. The van der Waals surface area contributed by atoms with Crippen LogP contribution in [0.25, 0.3) is 0 Å². The van der Waals surface area contributed by atoms with Gasteiger partial charge in [0.25, 0.3) is 4.59 Å². The van der Waals surface area contributed by atoms with Gasteiger partial charge in [0, 0.05) is 0 Å². The molecule has 0 aromatic heterocycles. The summed E-state index contributed by atoms with van der Waals surface area (Å²) in [6.07, 6.45) is -2.29. The molecule has 1 atom stereocenters. The van der Waals surface area contributed by atoms with E-state index in [1.807, 2.05) is 0 Å². The lowest BCUT2D eigenvalue weighted by molar-refractivity contribution is 0.210. The van der Waals surface area contributed by atoms with Crippen molar-refractivity contribution in [1.82, 2.24) is 0 Å². The van der Waals surface area contributed by atoms with Crippen molar-refractivity contribution in [2.24, 2.45) is 0 Å². The van der Waals surface area contributed by atoms with E-state index in [-0.39, 0.29) is 0 Å². The molecule has 0 aliphatic heterocycles. The summed E-state index contributed by atoms with van der Waals surface area (Å²) in [5, 5.41) is 0. The zero-order chi connectivity index (χ0) is 7.65. The van der Waals surface area contributed by atoms with E-state index in [1.54, 1.807) is 0 Å². The number of hydrogen-bond donors (Lipinski definition) is 0. The lowest BCUT2D eigenvalue weighted by atomic mass is 10.5. The van der Waals surface area contributed by atoms with Crippen molar-refractivity contribution in [3.63, 3.8) is 0 Å². The summed E-state index contributed by atoms with van der Waals surface area (Å²) in [4.78, 5) is -1.55. The zero-order valence-electron chi connectivity index (χ0n) is 3.92. The third-order valence-electron chi connectivity index (χ3n) is 0.534. The minimum Gasteiger partial charge on any atom is -0.238 e. The fourth-order valence-electron chi connectivity index (χ4n) is 0.143. The molecule has 0 saturated carbocycles. The molecule has 0 aliphatic rings. The van der Waals surface area contributed by atoms with Crippen molar-refractivity contribution in [2.75, 3.05) is 0 Å². The first kappa shape index (κ1) is 10.0. The first-order chi connectivity index (χ1) is 3.85. The Labute approximate surface area is 71.0 Å². The third-order valence-corrected chi connectivity index (χ3v) is 1.39. The van der Waals surface area contributed by atoms with E-state index in [2.05, 4.69) is 23.2 Å². The largest absolute Gasteiger partial charge is 0.291 e. The summed E-state index contributed by atoms with van der Waals surface area (Å²) in [7, 11) is 0. The highest BCUT2D eigenvalue weighted by molar-refractivity contribution is 6.50. The first-order valence-corrected chi connectivity index (χ1v) is 3.47. The van der Waals surface area contributed by atoms with Crippen LogP contribution in [0.1, 0.15) is 0 Å². The van der Waals surface area contributed by atoms with Crippen LogP contribution >= 0.6 is 46.4 Å². The fourth-order valence-corrected chi connectivity index (χ4v) is 1.00. The average Bonchev–Trinajstić information content (AvgIpc) is 1.62. The van der Waals surface area contributed by atoms with E-state index >= 15 is 0 Å². The molecule has 0 radical (unpaired) electrons. The maximum absolute atomic E-state index is 12.1. The molecule has 0 fully saturated rings. The maximum Gasteiger partial charge on any atom is 0.291 e. The molecule has 1 unspecified atom stereocenters. The van der Waals surface area contributed by atoms with Crippen LogP contribution in [0.2, 0.25) is 0 Å². The highest BCUT2D eigenvalue weighted by Gasteiger charge is 2.39. The van der Waals surface area contributed by atoms with Gasteiger partial charge in [-0.25, -0.2) is 8.78 Å². The van der Waals surface area contributed by atoms with Crippen LogP contribution in [0.4, 0.5) is 8.78 Å². The number of halogens is 6. The Bertz CT molecular complexity index is 88.3. The van der Waals surface area contributed by atoms with Gasteiger partial charge in [-0.3, -0.25) is 0 Å². The summed E-state index contributed by atoms with van der Waals surface area (Å²) < 4.78 is 21.1. The molecule has 9 heavy (non-hydrogen) atoms. The van der Waals surface area contributed by atoms with Crippen molar-refractivity contribution < 1.29 is 8.78 Å². The summed E-state index contributed by atoms with van der Waals surface area (Å²) in [5.41, 5.74) is 0. The second-order valence-electron chi connectivity index (χ2n) is 1.28. The molecule has 0 aromatic carbocycles. The predicted octanol–water partition coefficient (Wildman–Crippen LogP) is 3.23. The van der Waals surface area contributed by atoms with Crippen LogP contribution < -0.4 is 0 Å². The molecule has 0 heterocycles. The molecule has 0 aromatic rings. The molecule has 0 spiro atoms. The van der Waals surface area contributed by atoms with Crippen molar-refractivity contribution in [3.05, 3.63) is 0 Å². The number of rotatable bonds is 2. The van der Waals surface area contributed by atoms with Crippen LogP contribution in [0.3, 0.4) is 0 Å². The van der Waals surface area contributed by atoms with E-state index in [4.69, 9.17) is 23.2 Å². The smallest absolute Gasteiger partial charge is 0.238 e. The molecule has 0 aliphatic carbocycles. The lowest BCUT2D eigenvalue weighted by Gasteiger charge is -2.14. The number of hydrogen-bond acceptors (Lipinski definition) is 0. The quantitative estimate of drug-likeness (QED) is 0.624. The van der Waals surface area contributed by atoms with Crippen molar-refractivity contribution in [1.29, 1.82) is 0 Å². The second-order valence-corrected chi connectivity index (χ2v) is 3.74. The van der Waals surface area contributed by atoms with E-state index in [0.29, 0.717) is 0 Å². The molecule has 0 bridgehead atoms. The zero-order valence-corrected chi connectivity index (χ0v) is 6.95. The second kappa shape index (κ2) is 3.42. The van der Waals surface area contributed by atoms with E-state index < -0.39 is 15.6 Å². The first-order valence-electron chi connectivity index (χ1n) is 1.84. The minimum absolute atomic E-state index is 1.55. The van der Waals surface area contributed by atoms with Crippen LogP contribution in [-0.4, -0.2) is 15.6 Å². The standard InChI is InChI=1S/C3H2Cl4F2/c4-2(5)1(8)3(6,7)9/h1-2H. The topological polar surface area (TPSA) is 0 Å². The molecule has 0 nitrogen and oxygen atoms in total. The third kappa shape index (κ3) is 3.66. The van der Waals surface area contributed by atoms with Crippen molar-refractivity contribution >= 4 is 46.4 Å². The fraction of sp³-hybridized carbons (Fsp3) is 1.00. The van der Waals surface area contributed by atoms with E-state index in [0.717, 1.165) is 0 Å². The Morgan fingerprint density at radius 2 is 1.56 bits per heavy atom. The maximum atomic E-state index is 12.1. The van der Waals surface area contributed by atoms with Crippen LogP contribution in [-0.2, 0) is 0 Å². The highest BCUT2D eigenvalue weighted by atomic mass is 35.5. The molecule has 6 heteroatoms. The molecule has 0 N–H and O–H groups in total. The highest BCUT2D eigenvalue weighted by Crippen LogP contribution is 2.34. The predicted molar refractivity (Wildman–Crippen MR) is 35.9 cm³/mol. The number of alkyl halides is 6. The average molecular weight is 218 g/mol. The van der Waals surface area contributed by atoms with Gasteiger partial charge in [-0.15, -0.1) is 23.2 Å². The van der Waals surface area contributed by atoms with Gasteiger partial charge >= 0.3 is 0 Å². The van der Waals surface area contributed by atoms with Gasteiger partial charge in [-0.05, 0) is 0 Å². The monoisotopic (exact) mass is 216 g/mol. The molecule has 0 rings (SSSR count). The van der Waals surface area contributed by atoms with Gasteiger partial charge in [-0.2, -0.15) is 0 Å².